The van der Waals surface area contributed by atoms with Gasteiger partial charge in [-0.05, 0) is 83.5 Å². The van der Waals surface area contributed by atoms with Crippen LogP contribution < -0.4 is 5.32 Å². The van der Waals surface area contributed by atoms with Crippen molar-refractivity contribution in [2.75, 3.05) is 6.61 Å². The quantitative estimate of drug-likeness (QED) is 0.0446. The average Bonchev–Trinajstić information content (AvgIpc) is 3.15. The van der Waals surface area contributed by atoms with Crippen LogP contribution in [0.4, 0.5) is 0 Å². The Morgan fingerprint density at radius 2 is 0.846 bits per heavy atom. The predicted octanol–water partition coefficient (Wildman–Crippen LogP) is 13.2. The molecule has 294 valence electrons. The lowest BCUT2D eigenvalue weighted by Gasteiger charge is -2.20. The van der Waals surface area contributed by atoms with E-state index in [2.05, 4.69) is 116 Å². The average molecular weight is 718 g/mol. The predicted molar refractivity (Wildman–Crippen MR) is 229 cm³/mol. The van der Waals surface area contributed by atoms with Crippen LogP contribution in [0.15, 0.2) is 109 Å². The molecule has 0 heterocycles. The molecule has 2 unspecified atom stereocenters. The number of allylic oxidation sites excluding steroid dienone is 17. The molecule has 2 atom stereocenters. The molecule has 0 aromatic heterocycles. The fourth-order valence-corrected chi connectivity index (χ4v) is 5.54. The van der Waals surface area contributed by atoms with Gasteiger partial charge in [0.15, 0.2) is 0 Å². The molecule has 4 nitrogen and oxygen atoms in total. The lowest BCUT2D eigenvalue weighted by molar-refractivity contribution is -0.123. The summed E-state index contributed by atoms with van der Waals surface area (Å²) in [4.78, 5) is 12.3. The zero-order valence-corrected chi connectivity index (χ0v) is 33.5. The van der Waals surface area contributed by atoms with Crippen LogP contribution in [0.25, 0.3) is 0 Å². The van der Waals surface area contributed by atoms with Crippen molar-refractivity contribution in [1.29, 1.82) is 0 Å². The van der Waals surface area contributed by atoms with Gasteiger partial charge in [-0.15, -0.1) is 0 Å². The molecular weight excluding hydrogens is 639 g/mol. The van der Waals surface area contributed by atoms with Crippen molar-refractivity contribution < 1.29 is 15.0 Å². The number of carbonyl (C=O) groups is 1. The molecular formula is C48H79NO3. The van der Waals surface area contributed by atoms with E-state index >= 15 is 0 Å². The summed E-state index contributed by atoms with van der Waals surface area (Å²) in [6.07, 6.45) is 64.9. The van der Waals surface area contributed by atoms with Crippen LogP contribution >= 0.6 is 0 Å². The standard InChI is InChI=1S/C48H79NO3/c1-3-5-7-9-11-12-13-14-15-16-17-18-19-20-21-22-23-24-25-26-27-28-29-30-31-32-33-34-35-36-38-40-42-44-48(52)49-46(45-50)47(51)43-41-39-37-10-8-6-4-2/h5,7,11-12,14-15,17-18,20-21,23-24,26-27,29-30,41,43,46-47,50-51H,3-4,6,8-10,13,16,19,22,25,28,31-40,42,44-45H2,1-2H3,(H,49,52)/b7-5-,12-11-,15-14-,18-17-,21-20-,24-23-,27-26-,30-29-,43-41+. The van der Waals surface area contributed by atoms with Crippen molar-refractivity contribution in [2.24, 2.45) is 0 Å². The molecule has 0 aromatic rings. The van der Waals surface area contributed by atoms with Crippen LogP contribution in [-0.2, 0) is 4.79 Å². The summed E-state index contributed by atoms with van der Waals surface area (Å²) in [5, 5.41) is 22.7. The Kier molecular flexibility index (Phi) is 40.1. The molecule has 0 bridgehead atoms. The summed E-state index contributed by atoms with van der Waals surface area (Å²) < 4.78 is 0. The number of aliphatic hydroxyl groups is 2. The number of rotatable bonds is 36. The molecule has 0 aliphatic carbocycles. The maximum atomic E-state index is 12.3. The zero-order chi connectivity index (χ0) is 37.8. The van der Waals surface area contributed by atoms with Crippen molar-refractivity contribution >= 4 is 5.91 Å². The second kappa shape index (κ2) is 42.5. The van der Waals surface area contributed by atoms with Crippen molar-refractivity contribution in [3.8, 4) is 0 Å². The summed E-state index contributed by atoms with van der Waals surface area (Å²) >= 11 is 0. The fraction of sp³-hybridized carbons (Fsp3) is 0.604. The third-order valence-electron chi connectivity index (χ3n) is 8.76. The first-order valence-corrected chi connectivity index (χ1v) is 21.1. The topological polar surface area (TPSA) is 69.6 Å². The van der Waals surface area contributed by atoms with E-state index in [0.29, 0.717) is 6.42 Å². The van der Waals surface area contributed by atoms with E-state index in [1.54, 1.807) is 6.08 Å². The van der Waals surface area contributed by atoms with Crippen molar-refractivity contribution in [2.45, 2.75) is 180 Å². The van der Waals surface area contributed by atoms with Gasteiger partial charge in [0.1, 0.15) is 0 Å². The summed E-state index contributed by atoms with van der Waals surface area (Å²) in [5.74, 6) is -0.0838. The minimum Gasteiger partial charge on any atom is -0.394 e. The van der Waals surface area contributed by atoms with Gasteiger partial charge in [-0.25, -0.2) is 0 Å². The lowest BCUT2D eigenvalue weighted by Crippen LogP contribution is -2.45. The smallest absolute Gasteiger partial charge is 0.220 e. The van der Waals surface area contributed by atoms with Gasteiger partial charge in [0.25, 0.3) is 0 Å². The number of unbranched alkanes of at least 4 members (excludes halogenated alkanes) is 13. The Morgan fingerprint density at radius 3 is 1.27 bits per heavy atom. The van der Waals surface area contributed by atoms with Crippen molar-refractivity contribution in [1.82, 2.24) is 5.32 Å². The molecule has 3 N–H and O–H groups in total. The Morgan fingerprint density at radius 1 is 0.481 bits per heavy atom. The molecule has 0 aliphatic heterocycles. The van der Waals surface area contributed by atoms with Gasteiger partial charge in [0, 0.05) is 6.42 Å². The second-order valence-electron chi connectivity index (χ2n) is 13.7. The first-order valence-electron chi connectivity index (χ1n) is 21.1. The van der Waals surface area contributed by atoms with Crippen LogP contribution in [0, 0.1) is 0 Å². The fourth-order valence-electron chi connectivity index (χ4n) is 5.54. The van der Waals surface area contributed by atoms with Gasteiger partial charge < -0.3 is 15.5 Å². The molecule has 52 heavy (non-hydrogen) atoms. The minimum atomic E-state index is -0.846. The highest BCUT2D eigenvalue weighted by atomic mass is 16.3. The first kappa shape index (κ1) is 49.0. The van der Waals surface area contributed by atoms with Gasteiger partial charge in [-0.1, -0.05) is 187 Å². The van der Waals surface area contributed by atoms with E-state index in [1.165, 1.54) is 57.8 Å². The Balaban J connectivity index is 3.63. The summed E-state index contributed by atoms with van der Waals surface area (Å²) in [5.41, 5.74) is 0. The van der Waals surface area contributed by atoms with Gasteiger partial charge in [-0.3, -0.25) is 4.79 Å². The summed E-state index contributed by atoms with van der Waals surface area (Å²) in [6, 6.07) is -0.630. The Hall–Kier alpha value is -2.95. The largest absolute Gasteiger partial charge is 0.394 e. The highest BCUT2D eigenvalue weighted by Gasteiger charge is 2.17. The molecule has 4 heteroatoms. The van der Waals surface area contributed by atoms with Gasteiger partial charge in [-0.2, -0.15) is 0 Å². The molecule has 0 rings (SSSR count). The van der Waals surface area contributed by atoms with E-state index in [9.17, 15) is 15.0 Å². The normalized spacial score (nSPS) is 14.2. The van der Waals surface area contributed by atoms with E-state index in [4.69, 9.17) is 0 Å². The van der Waals surface area contributed by atoms with Crippen LogP contribution in [-0.4, -0.2) is 34.9 Å². The third-order valence-corrected chi connectivity index (χ3v) is 8.76. The number of hydrogen-bond acceptors (Lipinski definition) is 3. The Bertz CT molecular complexity index is 1040. The molecule has 0 saturated carbocycles. The van der Waals surface area contributed by atoms with E-state index in [0.717, 1.165) is 89.9 Å². The first-order chi connectivity index (χ1) is 25.7. The maximum absolute atomic E-state index is 12.3. The molecule has 0 aromatic carbocycles. The highest BCUT2D eigenvalue weighted by molar-refractivity contribution is 5.76. The SMILES string of the molecule is CC/C=C\C/C=C\C/C=C\C/C=C\C/C=C\C/C=C\C/C=C\C/C=C\CCCCCCCCCCC(=O)NC(CO)C(O)/C=C/CCCCCCC. The van der Waals surface area contributed by atoms with Crippen molar-refractivity contribution in [3.05, 3.63) is 109 Å². The van der Waals surface area contributed by atoms with Crippen LogP contribution in [0.1, 0.15) is 168 Å². The number of nitrogens with one attached hydrogen (secondary N) is 1. The van der Waals surface area contributed by atoms with Gasteiger partial charge in [0.05, 0.1) is 18.8 Å². The highest BCUT2D eigenvalue weighted by Crippen LogP contribution is 2.12. The van der Waals surface area contributed by atoms with Crippen molar-refractivity contribution in [3.63, 3.8) is 0 Å². The molecule has 0 radical (unpaired) electrons. The molecule has 0 spiro atoms. The number of amides is 1. The summed E-state index contributed by atoms with van der Waals surface area (Å²) in [7, 11) is 0. The van der Waals surface area contributed by atoms with Crippen LogP contribution in [0.5, 0.6) is 0 Å². The maximum Gasteiger partial charge on any atom is 0.220 e. The van der Waals surface area contributed by atoms with E-state index in [1.807, 2.05) is 6.08 Å². The molecule has 0 fully saturated rings. The van der Waals surface area contributed by atoms with Gasteiger partial charge in [0.2, 0.25) is 5.91 Å². The molecule has 0 aliphatic rings. The van der Waals surface area contributed by atoms with Gasteiger partial charge >= 0.3 is 0 Å². The Labute approximate surface area is 321 Å². The number of hydrogen-bond donors (Lipinski definition) is 3. The second-order valence-corrected chi connectivity index (χ2v) is 13.7. The summed E-state index contributed by atoms with van der Waals surface area (Å²) in [6.45, 7) is 4.11. The van der Waals surface area contributed by atoms with Crippen LogP contribution in [0.3, 0.4) is 0 Å². The zero-order valence-electron chi connectivity index (χ0n) is 33.5. The monoisotopic (exact) mass is 718 g/mol. The minimum absolute atomic E-state index is 0.0838. The van der Waals surface area contributed by atoms with E-state index < -0.39 is 12.1 Å². The van der Waals surface area contributed by atoms with E-state index in [-0.39, 0.29) is 12.5 Å². The number of carbonyl (C=O) groups excluding carboxylic acids is 1. The van der Waals surface area contributed by atoms with Crippen LogP contribution in [0.2, 0.25) is 0 Å². The molecule has 1 amide bonds. The molecule has 0 saturated heterocycles. The lowest BCUT2D eigenvalue weighted by atomic mass is 10.1. The number of aliphatic hydroxyl groups excluding tert-OH is 2. The third kappa shape index (κ3) is 38.3.